The summed E-state index contributed by atoms with van der Waals surface area (Å²) in [7, 11) is 1.88. The molecule has 0 aliphatic carbocycles. The van der Waals surface area contributed by atoms with Gasteiger partial charge in [0.05, 0.1) is 12.2 Å². The van der Waals surface area contributed by atoms with Crippen molar-refractivity contribution in [1.82, 2.24) is 14.9 Å². The van der Waals surface area contributed by atoms with Gasteiger partial charge in [0.25, 0.3) is 5.91 Å². The Morgan fingerprint density at radius 1 is 1.69 bits per heavy atom. The molecule has 0 aliphatic heterocycles. The highest BCUT2D eigenvalue weighted by molar-refractivity contribution is 7.12. The fraction of sp³-hybridized carbons (Fsp3) is 0.200. The van der Waals surface area contributed by atoms with E-state index in [0.29, 0.717) is 17.1 Å². The van der Waals surface area contributed by atoms with Gasteiger partial charge in [0, 0.05) is 19.4 Å². The minimum atomic E-state index is -0.157. The molecular formula is C10H12N4OS. The van der Waals surface area contributed by atoms with Crippen LogP contribution in [0.4, 0.5) is 5.69 Å². The second kappa shape index (κ2) is 4.36. The van der Waals surface area contributed by atoms with Gasteiger partial charge in [-0.2, -0.15) is 0 Å². The van der Waals surface area contributed by atoms with Crippen molar-refractivity contribution in [2.45, 2.75) is 6.54 Å². The average Bonchev–Trinajstić information content (AvgIpc) is 2.84. The van der Waals surface area contributed by atoms with E-state index in [-0.39, 0.29) is 5.91 Å². The van der Waals surface area contributed by atoms with Crippen molar-refractivity contribution < 1.29 is 4.79 Å². The molecule has 0 aromatic carbocycles. The molecule has 2 aromatic rings. The first kappa shape index (κ1) is 10.7. The van der Waals surface area contributed by atoms with Crippen LogP contribution in [-0.4, -0.2) is 15.5 Å². The number of rotatable bonds is 3. The van der Waals surface area contributed by atoms with Crippen LogP contribution in [0.25, 0.3) is 0 Å². The molecule has 0 radical (unpaired) electrons. The van der Waals surface area contributed by atoms with Crippen molar-refractivity contribution in [2.75, 3.05) is 5.73 Å². The number of nitrogens with two attached hydrogens (primary N) is 1. The number of nitrogens with zero attached hydrogens (tertiary/aromatic N) is 2. The lowest BCUT2D eigenvalue weighted by atomic mass is 10.4. The number of anilines is 1. The van der Waals surface area contributed by atoms with Crippen molar-refractivity contribution in [3.05, 3.63) is 34.5 Å². The summed E-state index contributed by atoms with van der Waals surface area (Å²) in [5.74, 6) is 0.652. The molecule has 0 spiro atoms. The Labute approximate surface area is 96.9 Å². The van der Waals surface area contributed by atoms with Crippen LogP contribution >= 0.6 is 11.3 Å². The van der Waals surface area contributed by atoms with E-state index in [1.807, 2.05) is 17.8 Å². The maximum absolute atomic E-state index is 11.7. The fourth-order valence-electron chi connectivity index (χ4n) is 1.31. The number of nitrogens with one attached hydrogen (secondary N) is 1. The van der Waals surface area contributed by atoms with Gasteiger partial charge in [-0.05, 0) is 11.4 Å². The standard InChI is InChI=1S/C10H12N4OS/c1-14-4-3-12-8(14)6-13-10(15)9-7(11)2-5-16-9/h2-5H,6,11H2,1H3,(H,13,15). The Hall–Kier alpha value is -1.82. The van der Waals surface area contributed by atoms with Crippen LogP contribution in [0.15, 0.2) is 23.8 Å². The van der Waals surface area contributed by atoms with Crippen LogP contribution in [0.1, 0.15) is 15.5 Å². The molecule has 6 heteroatoms. The van der Waals surface area contributed by atoms with Gasteiger partial charge >= 0.3 is 0 Å². The van der Waals surface area contributed by atoms with Gasteiger partial charge in [0.1, 0.15) is 10.7 Å². The van der Waals surface area contributed by atoms with Gasteiger partial charge in [0.2, 0.25) is 0 Å². The van der Waals surface area contributed by atoms with Crippen LogP contribution in [0, 0.1) is 0 Å². The highest BCUT2D eigenvalue weighted by Gasteiger charge is 2.11. The van der Waals surface area contributed by atoms with Gasteiger partial charge in [-0.15, -0.1) is 11.3 Å². The fourth-order valence-corrected chi connectivity index (χ4v) is 2.04. The minimum Gasteiger partial charge on any atom is -0.397 e. The minimum absolute atomic E-state index is 0.157. The lowest BCUT2D eigenvalue weighted by molar-refractivity contribution is 0.0954. The van der Waals surface area contributed by atoms with Crippen molar-refractivity contribution in [2.24, 2.45) is 7.05 Å². The number of nitrogen functional groups attached to an aromatic ring is 1. The zero-order chi connectivity index (χ0) is 11.5. The number of aromatic nitrogens is 2. The molecule has 0 fully saturated rings. The molecule has 0 unspecified atom stereocenters. The summed E-state index contributed by atoms with van der Waals surface area (Å²) in [5.41, 5.74) is 6.17. The van der Waals surface area contributed by atoms with E-state index < -0.39 is 0 Å². The smallest absolute Gasteiger partial charge is 0.263 e. The number of hydrogen-bond donors (Lipinski definition) is 2. The third kappa shape index (κ3) is 2.06. The second-order valence-corrected chi connectivity index (χ2v) is 4.26. The predicted octanol–water partition coefficient (Wildman–Crippen LogP) is 0.994. The predicted molar refractivity (Wildman–Crippen MR) is 63.1 cm³/mol. The monoisotopic (exact) mass is 236 g/mol. The summed E-state index contributed by atoms with van der Waals surface area (Å²) in [4.78, 5) is 16.4. The molecule has 3 N–H and O–H groups in total. The van der Waals surface area contributed by atoms with E-state index in [1.54, 1.807) is 17.6 Å². The molecule has 84 valence electrons. The number of thiophene rings is 1. The zero-order valence-electron chi connectivity index (χ0n) is 8.80. The first-order valence-corrected chi connectivity index (χ1v) is 5.64. The van der Waals surface area contributed by atoms with Gasteiger partial charge < -0.3 is 15.6 Å². The number of hydrogen-bond acceptors (Lipinski definition) is 4. The number of imidazole rings is 1. The van der Waals surface area contributed by atoms with Crippen molar-refractivity contribution in [3.8, 4) is 0 Å². The Kier molecular flexibility index (Phi) is 2.91. The van der Waals surface area contributed by atoms with Crippen LogP contribution < -0.4 is 11.1 Å². The maximum atomic E-state index is 11.7. The molecule has 5 nitrogen and oxygen atoms in total. The molecule has 2 aromatic heterocycles. The van der Waals surface area contributed by atoms with E-state index in [2.05, 4.69) is 10.3 Å². The maximum Gasteiger partial charge on any atom is 0.263 e. The molecule has 1 amide bonds. The Morgan fingerprint density at radius 2 is 2.50 bits per heavy atom. The highest BCUT2D eigenvalue weighted by atomic mass is 32.1. The quantitative estimate of drug-likeness (QED) is 0.834. The van der Waals surface area contributed by atoms with Crippen LogP contribution in [-0.2, 0) is 13.6 Å². The molecule has 2 heterocycles. The SMILES string of the molecule is Cn1ccnc1CNC(=O)c1sccc1N. The number of carbonyl (C=O) groups excluding carboxylic acids is 1. The molecule has 0 saturated heterocycles. The van der Waals surface area contributed by atoms with Gasteiger partial charge in [-0.3, -0.25) is 4.79 Å². The van der Waals surface area contributed by atoms with Crippen LogP contribution in [0.3, 0.4) is 0 Å². The molecule has 0 atom stereocenters. The lowest BCUT2D eigenvalue weighted by Crippen LogP contribution is -2.24. The number of amides is 1. The second-order valence-electron chi connectivity index (χ2n) is 3.34. The summed E-state index contributed by atoms with van der Waals surface area (Å²) in [6.45, 7) is 0.402. The van der Waals surface area contributed by atoms with Gasteiger partial charge in [0.15, 0.2) is 0 Å². The van der Waals surface area contributed by atoms with Crippen molar-refractivity contribution in [1.29, 1.82) is 0 Å². The molecule has 0 saturated carbocycles. The Morgan fingerprint density at radius 3 is 3.06 bits per heavy atom. The Bertz CT molecular complexity index is 502. The summed E-state index contributed by atoms with van der Waals surface area (Å²) in [6.07, 6.45) is 3.53. The molecule has 16 heavy (non-hydrogen) atoms. The van der Waals surface area contributed by atoms with E-state index in [4.69, 9.17) is 5.73 Å². The van der Waals surface area contributed by atoms with Crippen LogP contribution in [0.5, 0.6) is 0 Å². The molecular weight excluding hydrogens is 224 g/mol. The first-order valence-electron chi connectivity index (χ1n) is 4.76. The summed E-state index contributed by atoms with van der Waals surface area (Å²) in [5, 5.41) is 4.57. The first-order chi connectivity index (χ1) is 7.68. The Balaban J connectivity index is 1.99. The zero-order valence-corrected chi connectivity index (χ0v) is 9.62. The lowest BCUT2D eigenvalue weighted by Gasteiger charge is -2.04. The largest absolute Gasteiger partial charge is 0.397 e. The molecule has 2 rings (SSSR count). The van der Waals surface area contributed by atoms with Crippen LogP contribution in [0.2, 0.25) is 0 Å². The number of carbonyl (C=O) groups is 1. The van der Waals surface area contributed by atoms with E-state index >= 15 is 0 Å². The summed E-state index contributed by atoms with van der Waals surface area (Å²) >= 11 is 1.33. The van der Waals surface area contributed by atoms with Gasteiger partial charge in [-0.25, -0.2) is 4.98 Å². The highest BCUT2D eigenvalue weighted by Crippen LogP contribution is 2.18. The van der Waals surface area contributed by atoms with E-state index in [0.717, 1.165) is 5.82 Å². The van der Waals surface area contributed by atoms with Crippen molar-refractivity contribution in [3.63, 3.8) is 0 Å². The summed E-state index contributed by atoms with van der Waals surface area (Å²) in [6, 6.07) is 1.72. The normalized spacial score (nSPS) is 10.3. The van der Waals surface area contributed by atoms with E-state index in [1.165, 1.54) is 11.3 Å². The number of aryl methyl sites for hydroxylation is 1. The van der Waals surface area contributed by atoms with E-state index in [9.17, 15) is 4.79 Å². The third-order valence-electron chi connectivity index (χ3n) is 2.23. The van der Waals surface area contributed by atoms with Crippen molar-refractivity contribution >= 4 is 22.9 Å². The molecule has 0 aliphatic rings. The summed E-state index contributed by atoms with van der Waals surface area (Å²) < 4.78 is 1.86. The topological polar surface area (TPSA) is 72.9 Å². The average molecular weight is 236 g/mol. The van der Waals surface area contributed by atoms with Gasteiger partial charge in [-0.1, -0.05) is 0 Å². The molecule has 0 bridgehead atoms. The third-order valence-corrected chi connectivity index (χ3v) is 3.16.